The zero-order valence-electron chi connectivity index (χ0n) is 6.61. The van der Waals surface area contributed by atoms with Gasteiger partial charge in [0.15, 0.2) is 0 Å². The SMILES string of the molecule is CCC(C)(C)/C=C(\Cl)C#N. The topological polar surface area (TPSA) is 23.8 Å². The maximum absolute atomic E-state index is 8.34. The summed E-state index contributed by atoms with van der Waals surface area (Å²) in [5.41, 5.74) is 0.0484. The molecule has 0 spiro atoms. The molecule has 0 unspecified atom stereocenters. The van der Waals surface area contributed by atoms with Crippen LogP contribution in [0.25, 0.3) is 0 Å². The maximum atomic E-state index is 8.34. The third-order valence-electron chi connectivity index (χ3n) is 1.54. The molecule has 0 fully saturated rings. The van der Waals surface area contributed by atoms with E-state index in [1.807, 2.05) is 19.9 Å². The molecule has 0 radical (unpaired) electrons. The second-order valence-corrected chi connectivity index (χ2v) is 3.35. The van der Waals surface area contributed by atoms with Crippen molar-refractivity contribution in [3.63, 3.8) is 0 Å². The van der Waals surface area contributed by atoms with Crippen molar-refractivity contribution in [3.8, 4) is 6.07 Å². The third kappa shape index (κ3) is 3.53. The lowest BCUT2D eigenvalue weighted by atomic mass is 9.90. The van der Waals surface area contributed by atoms with Crippen LogP contribution in [0.4, 0.5) is 0 Å². The van der Waals surface area contributed by atoms with E-state index in [0.717, 1.165) is 6.42 Å². The first kappa shape index (κ1) is 9.52. The molecule has 0 heterocycles. The predicted molar refractivity (Wildman–Crippen MR) is 43.6 cm³/mol. The van der Waals surface area contributed by atoms with E-state index in [1.165, 1.54) is 0 Å². The number of nitriles is 1. The van der Waals surface area contributed by atoms with Crippen LogP contribution in [-0.4, -0.2) is 0 Å². The van der Waals surface area contributed by atoms with E-state index in [-0.39, 0.29) is 10.4 Å². The van der Waals surface area contributed by atoms with Crippen LogP contribution in [0.5, 0.6) is 0 Å². The molecular formula is C8H12ClN. The molecular weight excluding hydrogens is 146 g/mol. The summed E-state index contributed by atoms with van der Waals surface area (Å²) < 4.78 is 0. The highest BCUT2D eigenvalue weighted by Gasteiger charge is 2.11. The van der Waals surface area contributed by atoms with E-state index in [4.69, 9.17) is 16.9 Å². The van der Waals surface area contributed by atoms with E-state index in [9.17, 15) is 0 Å². The van der Waals surface area contributed by atoms with E-state index in [0.29, 0.717) is 0 Å². The van der Waals surface area contributed by atoms with Crippen molar-refractivity contribution in [2.24, 2.45) is 5.41 Å². The van der Waals surface area contributed by atoms with Crippen LogP contribution in [-0.2, 0) is 0 Å². The molecule has 0 N–H and O–H groups in total. The Morgan fingerprint density at radius 2 is 2.20 bits per heavy atom. The van der Waals surface area contributed by atoms with Crippen LogP contribution in [0.2, 0.25) is 0 Å². The Kier molecular flexibility index (Phi) is 3.46. The minimum absolute atomic E-state index is 0.0484. The lowest BCUT2D eigenvalue weighted by molar-refractivity contribution is 0.461. The van der Waals surface area contributed by atoms with Gasteiger partial charge in [0.25, 0.3) is 0 Å². The summed E-state index contributed by atoms with van der Waals surface area (Å²) in [5.74, 6) is 0. The minimum Gasteiger partial charge on any atom is -0.191 e. The van der Waals surface area contributed by atoms with Crippen molar-refractivity contribution >= 4 is 11.6 Å². The molecule has 0 aliphatic rings. The summed E-state index contributed by atoms with van der Waals surface area (Å²) in [5, 5.41) is 8.63. The third-order valence-corrected chi connectivity index (χ3v) is 1.73. The number of hydrogen-bond donors (Lipinski definition) is 0. The zero-order chi connectivity index (χ0) is 8.20. The number of nitrogens with zero attached hydrogens (tertiary/aromatic N) is 1. The lowest BCUT2D eigenvalue weighted by Crippen LogP contribution is -2.04. The monoisotopic (exact) mass is 157 g/mol. The molecule has 0 saturated heterocycles. The molecule has 0 rings (SSSR count). The Bertz CT molecular complexity index is 174. The van der Waals surface area contributed by atoms with Crippen molar-refractivity contribution in [1.29, 1.82) is 5.26 Å². The Morgan fingerprint density at radius 3 is 2.50 bits per heavy atom. The summed E-state index contributed by atoms with van der Waals surface area (Å²) in [6.45, 7) is 6.16. The second-order valence-electron chi connectivity index (χ2n) is 2.95. The van der Waals surface area contributed by atoms with Crippen molar-refractivity contribution in [2.45, 2.75) is 27.2 Å². The van der Waals surface area contributed by atoms with Crippen LogP contribution in [0.15, 0.2) is 11.1 Å². The Labute approximate surface area is 67.3 Å². The maximum Gasteiger partial charge on any atom is 0.114 e. The van der Waals surface area contributed by atoms with Crippen molar-refractivity contribution in [2.75, 3.05) is 0 Å². The van der Waals surface area contributed by atoms with Gasteiger partial charge in [0.1, 0.15) is 11.1 Å². The van der Waals surface area contributed by atoms with Crippen LogP contribution < -0.4 is 0 Å². The Hall–Kier alpha value is -0.480. The van der Waals surface area contributed by atoms with Crippen LogP contribution in [0.1, 0.15) is 27.2 Å². The van der Waals surface area contributed by atoms with Gasteiger partial charge in [-0.2, -0.15) is 5.26 Å². The highest BCUT2D eigenvalue weighted by Crippen LogP contribution is 2.23. The molecule has 0 aromatic rings. The average molecular weight is 158 g/mol. The first-order valence-corrected chi connectivity index (χ1v) is 3.68. The number of halogens is 1. The highest BCUT2D eigenvalue weighted by molar-refractivity contribution is 6.31. The van der Waals surface area contributed by atoms with E-state index in [2.05, 4.69) is 6.92 Å². The van der Waals surface area contributed by atoms with Crippen molar-refractivity contribution in [1.82, 2.24) is 0 Å². The van der Waals surface area contributed by atoms with Crippen molar-refractivity contribution in [3.05, 3.63) is 11.1 Å². The van der Waals surface area contributed by atoms with E-state index >= 15 is 0 Å². The highest BCUT2D eigenvalue weighted by atomic mass is 35.5. The van der Waals surface area contributed by atoms with Gasteiger partial charge < -0.3 is 0 Å². The number of rotatable bonds is 2. The van der Waals surface area contributed by atoms with Gasteiger partial charge in [0, 0.05) is 0 Å². The van der Waals surface area contributed by atoms with Gasteiger partial charge in [-0.05, 0) is 17.9 Å². The smallest absolute Gasteiger partial charge is 0.114 e. The standard InChI is InChI=1S/C8H12ClN/c1-4-8(2,3)5-7(9)6-10/h5H,4H2,1-3H3/b7-5-. The lowest BCUT2D eigenvalue weighted by Gasteiger charge is -2.16. The van der Waals surface area contributed by atoms with Crippen LogP contribution in [0.3, 0.4) is 0 Å². The molecule has 56 valence electrons. The second kappa shape index (κ2) is 3.63. The normalized spacial score (nSPS) is 12.9. The first-order chi connectivity index (χ1) is 4.52. The number of allylic oxidation sites excluding steroid dienone is 2. The fourth-order valence-electron chi connectivity index (χ4n) is 0.477. The summed E-state index contributed by atoms with van der Waals surface area (Å²) in [7, 11) is 0. The quantitative estimate of drug-likeness (QED) is 0.566. The minimum atomic E-state index is 0.0484. The van der Waals surface area contributed by atoms with Gasteiger partial charge in [0.05, 0.1) is 0 Å². The summed E-state index contributed by atoms with van der Waals surface area (Å²) in [6, 6.07) is 1.88. The van der Waals surface area contributed by atoms with Crippen molar-refractivity contribution < 1.29 is 0 Å². The van der Waals surface area contributed by atoms with E-state index in [1.54, 1.807) is 6.08 Å². The average Bonchev–Trinajstić information content (AvgIpc) is 1.87. The Balaban J connectivity index is 4.27. The van der Waals surface area contributed by atoms with Crippen LogP contribution in [0, 0.1) is 16.7 Å². The molecule has 0 aromatic heterocycles. The fourth-order valence-corrected chi connectivity index (χ4v) is 0.773. The summed E-state index contributed by atoms with van der Waals surface area (Å²) in [4.78, 5) is 0. The molecule has 0 aliphatic carbocycles. The molecule has 10 heavy (non-hydrogen) atoms. The summed E-state index contributed by atoms with van der Waals surface area (Å²) >= 11 is 5.53. The zero-order valence-corrected chi connectivity index (χ0v) is 7.37. The van der Waals surface area contributed by atoms with Crippen LogP contribution >= 0.6 is 11.6 Å². The molecule has 2 heteroatoms. The fraction of sp³-hybridized carbons (Fsp3) is 0.625. The molecule has 0 aromatic carbocycles. The van der Waals surface area contributed by atoms with Gasteiger partial charge in [-0.25, -0.2) is 0 Å². The molecule has 0 bridgehead atoms. The Morgan fingerprint density at radius 1 is 1.70 bits per heavy atom. The van der Waals surface area contributed by atoms with Gasteiger partial charge in [0.2, 0.25) is 0 Å². The molecule has 1 nitrogen and oxygen atoms in total. The largest absolute Gasteiger partial charge is 0.191 e. The number of hydrogen-bond acceptors (Lipinski definition) is 1. The molecule has 0 amide bonds. The predicted octanol–water partition coefficient (Wildman–Crippen LogP) is 3.07. The molecule has 0 atom stereocenters. The van der Waals surface area contributed by atoms with Gasteiger partial charge in [-0.15, -0.1) is 0 Å². The van der Waals surface area contributed by atoms with E-state index < -0.39 is 0 Å². The molecule has 0 aliphatic heterocycles. The molecule has 0 saturated carbocycles. The van der Waals surface area contributed by atoms with Gasteiger partial charge >= 0.3 is 0 Å². The first-order valence-electron chi connectivity index (χ1n) is 3.30. The van der Waals surface area contributed by atoms with Gasteiger partial charge in [-0.1, -0.05) is 32.4 Å². The van der Waals surface area contributed by atoms with Gasteiger partial charge in [-0.3, -0.25) is 0 Å². The summed E-state index contributed by atoms with van der Waals surface area (Å²) in [6.07, 6.45) is 2.78.